The second kappa shape index (κ2) is 23.3. The van der Waals surface area contributed by atoms with Crippen LogP contribution in [0.4, 0.5) is 0 Å². The number of rotatable bonds is 18. The van der Waals surface area contributed by atoms with E-state index in [4.69, 9.17) is 18.9 Å². The highest BCUT2D eigenvalue weighted by Gasteiger charge is 2.49. The zero-order valence-corrected chi connectivity index (χ0v) is 36.6. The van der Waals surface area contributed by atoms with E-state index >= 15 is 0 Å². The van der Waals surface area contributed by atoms with Crippen molar-refractivity contribution in [3.63, 3.8) is 0 Å². The molecule has 0 saturated heterocycles. The van der Waals surface area contributed by atoms with E-state index in [0.717, 1.165) is 43.2 Å². The molecule has 0 aromatic heterocycles. The van der Waals surface area contributed by atoms with Gasteiger partial charge in [0.15, 0.2) is 29.8 Å². The molecule has 10 atom stereocenters. The quantitative estimate of drug-likeness (QED) is 0.0497. The van der Waals surface area contributed by atoms with E-state index in [1.54, 1.807) is 12.1 Å². The Kier molecular flexibility index (Phi) is 18.9. The number of aromatic hydroxyl groups is 2. The Morgan fingerprint density at radius 2 is 1.71 bits per heavy atom. The number of aliphatic hydroxyl groups is 6. The number of hydrogen-bond donors (Lipinski definition) is 9. The van der Waals surface area contributed by atoms with E-state index in [2.05, 4.69) is 12.2 Å². The predicted molar refractivity (Wildman–Crippen MR) is 230 cm³/mol. The maximum Gasteiger partial charge on any atom is 0.200 e. The molecule has 2 saturated carbocycles. The van der Waals surface area contributed by atoms with Crippen LogP contribution in [0, 0.1) is 17.3 Å². The molecule has 59 heavy (non-hydrogen) atoms. The lowest BCUT2D eigenvalue weighted by Gasteiger charge is -2.30. The molecule has 5 rings (SSSR count). The molecular formula is C44H69NO12S2. The van der Waals surface area contributed by atoms with E-state index in [1.807, 2.05) is 13.0 Å². The van der Waals surface area contributed by atoms with Crippen LogP contribution in [-0.2, 0) is 17.6 Å². The highest BCUT2D eigenvalue weighted by atomic mass is 33.1. The van der Waals surface area contributed by atoms with Gasteiger partial charge in [-0.15, -0.1) is 0 Å². The summed E-state index contributed by atoms with van der Waals surface area (Å²) in [6.45, 7) is 3.32. The Labute approximate surface area is 357 Å². The summed E-state index contributed by atoms with van der Waals surface area (Å²) in [6.07, 6.45) is 8.33. The van der Waals surface area contributed by atoms with Gasteiger partial charge in [-0.1, -0.05) is 47.8 Å². The first-order valence-electron chi connectivity index (χ1n) is 21.5. The van der Waals surface area contributed by atoms with E-state index in [0.29, 0.717) is 49.1 Å². The predicted octanol–water partition coefficient (Wildman–Crippen LogP) is 5.74. The number of unbranched alkanes of at least 4 members (excludes halogenated alkanes) is 2. The highest BCUT2D eigenvalue weighted by molar-refractivity contribution is 8.76. The number of phenolic OH excluding ortho intramolecular Hbond substituents is 2. The molecular weight excluding hydrogens is 799 g/mol. The fourth-order valence-electron chi connectivity index (χ4n) is 9.69. The van der Waals surface area contributed by atoms with Crippen molar-refractivity contribution in [2.24, 2.45) is 17.3 Å². The van der Waals surface area contributed by atoms with Crippen molar-refractivity contribution in [2.45, 2.75) is 146 Å². The summed E-state index contributed by atoms with van der Waals surface area (Å²) >= 11 is 0. The number of fused-ring (bicyclic) bond motifs is 1. The van der Waals surface area contributed by atoms with Crippen molar-refractivity contribution in [1.82, 2.24) is 5.32 Å². The van der Waals surface area contributed by atoms with Crippen LogP contribution in [0.1, 0.15) is 113 Å². The van der Waals surface area contributed by atoms with Crippen molar-refractivity contribution in [1.29, 1.82) is 0 Å². The third-order valence-electron chi connectivity index (χ3n) is 12.7. The molecule has 13 nitrogen and oxygen atoms in total. The van der Waals surface area contributed by atoms with Gasteiger partial charge in [-0.2, -0.15) is 0 Å². The smallest absolute Gasteiger partial charge is 0.200 e. The van der Waals surface area contributed by atoms with Gasteiger partial charge in [0.1, 0.15) is 6.79 Å². The summed E-state index contributed by atoms with van der Waals surface area (Å²) in [5, 5.41) is 88.2. The van der Waals surface area contributed by atoms with Gasteiger partial charge in [0.25, 0.3) is 0 Å². The van der Waals surface area contributed by atoms with Gasteiger partial charge in [-0.05, 0) is 130 Å². The number of nitrogens with one attached hydrogen (secondary N) is 1. The maximum atomic E-state index is 11.7. The van der Waals surface area contributed by atoms with Gasteiger partial charge in [0.2, 0.25) is 5.75 Å². The lowest BCUT2D eigenvalue weighted by atomic mass is 9.83. The van der Waals surface area contributed by atoms with Crippen LogP contribution >= 0.6 is 21.6 Å². The molecule has 334 valence electrons. The van der Waals surface area contributed by atoms with Crippen molar-refractivity contribution in [2.75, 3.05) is 39.6 Å². The minimum atomic E-state index is -1.06. The summed E-state index contributed by atoms with van der Waals surface area (Å²) in [5.41, 5.74) is 2.52. The van der Waals surface area contributed by atoms with Crippen molar-refractivity contribution in [3.8, 4) is 28.7 Å². The van der Waals surface area contributed by atoms with Crippen molar-refractivity contribution >= 4 is 21.6 Å². The van der Waals surface area contributed by atoms with Crippen LogP contribution in [0.2, 0.25) is 0 Å². The summed E-state index contributed by atoms with van der Waals surface area (Å²) in [4.78, 5) is 0. The number of benzene rings is 2. The monoisotopic (exact) mass is 867 g/mol. The van der Waals surface area contributed by atoms with Gasteiger partial charge in [0.05, 0.1) is 37.6 Å². The second-order valence-electron chi connectivity index (χ2n) is 17.0. The third-order valence-corrected chi connectivity index (χ3v) is 15.5. The van der Waals surface area contributed by atoms with Crippen LogP contribution in [0.3, 0.4) is 0 Å². The molecule has 0 amide bonds. The Bertz CT molecular complexity index is 1590. The van der Waals surface area contributed by atoms with E-state index < -0.39 is 43.9 Å². The first kappa shape index (κ1) is 47.9. The SMILES string of the molecule is CCCCC[C@H]1C[C@]2(CC[C@@H](Oc3cc4c(cc3O)[C@H](CCO)SSC[C@H](O)[C@@H](Cc3cc(OC)c(O)c(OCO)c3)[C@H](O)C[C@@H](OCO)CC4)C2)C[C@H]1NC[C@H](C)O. The molecule has 1 heterocycles. The standard InChI is InChI=1S/C44H69NO12S2/c1-4-5-6-7-30-20-44(22-35(30)45-23-27(2)49)12-10-32(21-44)57-39-17-29-8-9-31(55-25-47)18-36(50)34(14-28-15-40(54-3)43(53)41(16-28)56-26-48)38(52)24-58-59-42(11-13-46)33(29)19-37(39)51/h15-17,19,27,30-32,34-36,38,42,45-53H,4-14,18,20-26H2,1-3H3/t27-,30-,31-,32+,34-,35+,36+,38-,42-,44-/m0/s1. The number of ether oxygens (including phenoxy) is 4. The fraction of sp³-hybridized carbons (Fsp3) is 0.727. The van der Waals surface area contributed by atoms with Crippen molar-refractivity contribution in [3.05, 3.63) is 41.0 Å². The second-order valence-corrected chi connectivity index (χ2v) is 19.6. The van der Waals surface area contributed by atoms with Crippen LogP contribution < -0.4 is 19.5 Å². The lowest BCUT2D eigenvalue weighted by Crippen LogP contribution is -2.38. The normalized spacial score (nSPS) is 29.6. The average Bonchev–Trinajstić information content (AvgIpc) is 3.77. The Morgan fingerprint density at radius 1 is 0.915 bits per heavy atom. The fourth-order valence-corrected chi connectivity index (χ4v) is 12.6. The largest absolute Gasteiger partial charge is 0.504 e. The molecule has 1 spiro atoms. The Balaban J connectivity index is 1.36. The topological polar surface area (TPSA) is 211 Å². The molecule has 9 N–H and O–H groups in total. The summed E-state index contributed by atoms with van der Waals surface area (Å²) < 4.78 is 23.0. The first-order chi connectivity index (χ1) is 28.4. The molecule has 2 aromatic rings. The molecule has 0 radical (unpaired) electrons. The van der Waals surface area contributed by atoms with Gasteiger partial charge < -0.3 is 65.1 Å². The maximum absolute atomic E-state index is 11.7. The first-order valence-corrected chi connectivity index (χ1v) is 23.9. The van der Waals surface area contributed by atoms with E-state index in [-0.39, 0.29) is 65.0 Å². The molecule has 2 aliphatic carbocycles. The molecule has 1 aliphatic heterocycles. The zero-order chi connectivity index (χ0) is 42.5. The Morgan fingerprint density at radius 3 is 2.42 bits per heavy atom. The molecule has 15 heteroatoms. The van der Waals surface area contributed by atoms with Gasteiger partial charge >= 0.3 is 0 Å². The Hall–Kier alpha value is -2.18. The summed E-state index contributed by atoms with van der Waals surface area (Å²) in [6, 6.07) is 7.17. The van der Waals surface area contributed by atoms with Gasteiger partial charge in [-0.3, -0.25) is 0 Å². The van der Waals surface area contributed by atoms with E-state index in [9.17, 15) is 40.9 Å². The molecule has 2 fully saturated rings. The van der Waals surface area contributed by atoms with Crippen LogP contribution in [0.25, 0.3) is 0 Å². The number of methoxy groups -OCH3 is 1. The van der Waals surface area contributed by atoms with Crippen molar-refractivity contribution < 1.29 is 59.8 Å². The minimum absolute atomic E-state index is 0.00499. The molecule has 0 bridgehead atoms. The molecule has 2 aromatic carbocycles. The zero-order valence-electron chi connectivity index (χ0n) is 35.0. The summed E-state index contributed by atoms with van der Waals surface area (Å²) in [5.74, 6) is 0.402. The number of aryl methyl sites for hydroxylation is 1. The average molecular weight is 868 g/mol. The number of aliphatic hydroxyl groups excluding tert-OH is 6. The number of hydrogen-bond acceptors (Lipinski definition) is 15. The molecule has 0 unspecified atom stereocenters. The van der Waals surface area contributed by atoms with E-state index in [1.165, 1.54) is 60.4 Å². The lowest BCUT2D eigenvalue weighted by molar-refractivity contribution is -0.0808. The number of phenols is 2. The van der Waals surface area contributed by atoms with Crippen LogP contribution in [0.5, 0.6) is 28.7 Å². The minimum Gasteiger partial charge on any atom is -0.504 e. The van der Waals surface area contributed by atoms with Gasteiger partial charge in [-0.25, -0.2) is 0 Å². The summed E-state index contributed by atoms with van der Waals surface area (Å²) in [7, 11) is 4.31. The molecule has 3 aliphatic rings. The third kappa shape index (κ3) is 13.2. The van der Waals surface area contributed by atoms with Gasteiger partial charge in [0, 0.05) is 36.1 Å². The van der Waals surface area contributed by atoms with Crippen LogP contribution in [0.15, 0.2) is 24.3 Å². The van der Waals surface area contributed by atoms with Crippen LogP contribution in [-0.4, -0.2) is 117 Å². The highest BCUT2D eigenvalue weighted by Crippen LogP contribution is 2.55.